The molecule has 3 nitrogen and oxygen atoms in total. The Morgan fingerprint density at radius 2 is 2.24 bits per heavy atom. The summed E-state index contributed by atoms with van der Waals surface area (Å²) in [4.78, 5) is 0. The molecule has 0 amide bonds. The molecule has 1 aromatic rings. The number of hydrogen-bond donors (Lipinski definition) is 1. The molecule has 2 unspecified atom stereocenters. The second-order valence-corrected chi connectivity index (χ2v) is 4.90. The lowest BCUT2D eigenvalue weighted by atomic mass is 10.2. The van der Waals surface area contributed by atoms with Gasteiger partial charge in [0.1, 0.15) is 12.2 Å². The Kier molecular flexibility index (Phi) is 3.65. The van der Waals surface area contributed by atoms with Crippen molar-refractivity contribution in [3.8, 4) is 11.8 Å². The van der Waals surface area contributed by atoms with Gasteiger partial charge in [0.15, 0.2) is 11.6 Å². The predicted octanol–water partition coefficient (Wildman–Crippen LogP) is 2.72. The number of nitrogens with zero attached hydrogens (tertiary/aromatic N) is 1. The Morgan fingerprint density at radius 1 is 1.47 bits per heavy atom. The van der Waals surface area contributed by atoms with Crippen molar-refractivity contribution >= 4 is 15.9 Å². The van der Waals surface area contributed by atoms with E-state index in [2.05, 4.69) is 15.9 Å². The molecule has 90 valence electrons. The second-order valence-electron chi connectivity index (χ2n) is 4.10. The lowest BCUT2D eigenvalue weighted by Gasteiger charge is -2.18. The highest BCUT2D eigenvalue weighted by Gasteiger charge is 2.27. The fourth-order valence-electron chi connectivity index (χ4n) is 1.97. The van der Waals surface area contributed by atoms with Crippen LogP contribution in [0.5, 0.6) is 5.75 Å². The zero-order chi connectivity index (χ0) is 12.4. The van der Waals surface area contributed by atoms with Crippen LogP contribution in [-0.4, -0.2) is 12.1 Å². The SMILES string of the molecule is N#Cc1ccc(OC2CCCC2N)c(F)c1Br. The first-order valence-electron chi connectivity index (χ1n) is 5.44. The van der Waals surface area contributed by atoms with Crippen molar-refractivity contribution in [2.24, 2.45) is 5.73 Å². The number of halogens is 2. The van der Waals surface area contributed by atoms with Gasteiger partial charge in [-0.05, 0) is 47.3 Å². The minimum absolute atomic E-state index is 0.0381. The van der Waals surface area contributed by atoms with Crippen LogP contribution in [0.4, 0.5) is 4.39 Å². The Bertz CT molecular complexity index is 472. The quantitative estimate of drug-likeness (QED) is 0.913. The predicted molar refractivity (Wildman–Crippen MR) is 65.1 cm³/mol. The minimum atomic E-state index is -0.539. The standard InChI is InChI=1S/C12H12BrFN2O/c13-11-7(6-15)4-5-10(12(11)14)17-9-3-1-2-8(9)16/h4-5,8-9H,1-3,16H2. The maximum absolute atomic E-state index is 13.9. The molecule has 2 rings (SSSR count). The Labute approximate surface area is 107 Å². The van der Waals surface area contributed by atoms with Crippen molar-refractivity contribution in [3.05, 3.63) is 28.0 Å². The van der Waals surface area contributed by atoms with Crippen molar-refractivity contribution in [1.82, 2.24) is 0 Å². The molecule has 2 atom stereocenters. The smallest absolute Gasteiger partial charge is 0.180 e. The first-order chi connectivity index (χ1) is 8.13. The molecule has 0 saturated heterocycles. The first-order valence-corrected chi connectivity index (χ1v) is 6.23. The maximum atomic E-state index is 13.9. The average Bonchev–Trinajstić information content (AvgIpc) is 2.71. The normalized spacial score (nSPS) is 23.4. The summed E-state index contributed by atoms with van der Waals surface area (Å²) in [6, 6.07) is 4.87. The van der Waals surface area contributed by atoms with Crippen LogP contribution in [0.15, 0.2) is 16.6 Å². The van der Waals surface area contributed by atoms with E-state index in [1.54, 1.807) is 0 Å². The largest absolute Gasteiger partial charge is 0.486 e. The van der Waals surface area contributed by atoms with E-state index in [9.17, 15) is 4.39 Å². The molecule has 1 saturated carbocycles. The number of benzene rings is 1. The van der Waals surface area contributed by atoms with E-state index in [-0.39, 0.29) is 27.9 Å². The lowest BCUT2D eigenvalue weighted by molar-refractivity contribution is 0.183. The highest BCUT2D eigenvalue weighted by atomic mass is 79.9. The highest BCUT2D eigenvalue weighted by molar-refractivity contribution is 9.10. The monoisotopic (exact) mass is 298 g/mol. The molecule has 0 heterocycles. The van der Waals surface area contributed by atoms with Gasteiger partial charge in [0.05, 0.1) is 10.0 Å². The van der Waals surface area contributed by atoms with Gasteiger partial charge >= 0.3 is 0 Å². The highest BCUT2D eigenvalue weighted by Crippen LogP contribution is 2.31. The number of rotatable bonds is 2. The summed E-state index contributed by atoms with van der Waals surface area (Å²) < 4.78 is 19.6. The number of nitriles is 1. The van der Waals surface area contributed by atoms with Crippen LogP contribution in [0.3, 0.4) is 0 Å². The summed E-state index contributed by atoms with van der Waals surface area (Å²) in [5.41, 5.74) is 6.11. The Morgan fingerprint density at radius 3 is 2.82 bits per heavy atom. The van der Waals surface area contributed by atoms with E-state index in [0.717, 1.165) is 19.3 Å². The van der Waals surface area contributed by atoms with E-state index in [1.807, 2.05) is 6.07 Å². The fourth-order valence-corrected chi connectivity index (χ4v) is 2.39. The molecule has 1 aliphatic rings. The molecule has 17 heavy (non-hydrogen) atoms. The van der Waals surface area contributed by atoms with Crippen molar-refractivity contribution in [1.29, 1.82) is 5.26 Å². The average molecular weight is 299 g/mol. The molecule has 0 spiro atoms. The van der Waals surface area contributed by atoms with Crippen LogP contribution >= 0.6 is 15.9 Å². The molecule has 1 fully saturated rings. The molecule has 1 aliphatic carbocycles. The Hall–Kier alpha value is -1.12. The molecule has 0 bridgehead atoms. The summed E-state index contributed by atoms with van der Waals surface area (Å²) in [7, 11) is 0. The van der Waals surface area contributed by atoms with Crippen LogP contribution in [0, 0.1) is 17.1 Å². The number of nitrogens with two attached hydrogens (primary N) is 1. The van der Waals surface area contributed by atoms with Gasteiger partial charge in [-0.3, -0.25) is 0 Å². The third-order valence-electron chi connectivity index (χ3n) is 2.95. The van der Waals surface area contributed by atoms with Crippen molar-refractivity contribution < 1.29 is 9.13 Å². The first kappa shape index (κ1) is 12.3. The van der Waals surface area contributed by atoms with Gasteiger partial charge in [-0.2, -0.15) is 5.26 Å². The topological polar surface area (TPSA) is 59.0 Å². The van der Waals surface area contributed by atoms with Crippen LogP contribution < -0.4 is 10.5 Å². The van der Waals surface area contributed by atoms with Crippen molar-refractivity contribution in [2.45, 2.75) is 31.4 Å². The molecule has 5 heteroatoms. The van der Waals surface area contributed by atoms with Gasteiger partial charge in [-0.15, -0.1) is 0 Å². The van der Waals surface area contributed by atoms with Crippen LogP contribution in [0.2, 0.25) is 0 Å². The molecule has 0 aliphatic heterocycles. The van der Waals surface area contributed by atoms with Gasteiger partial charge in [0, 0.05) is 6.04 Å². The third-order valence-corrected chi connectivity index (χ3v) is 3.72. The minimum Gasteiger partial charge on any atom is -0.486 e. The Balaban J connectivity index is 2.22. The van der Waals surface area contributed by atoms with Crippen LogP contribution in [-0.2, 0) is 0 Å². The lowest BCUT2D eigenvalue weighted by Crippen LogP contribution is -2.33. The van der Waals surface area contributed by atoms with E-state index in [0.29, 0.717) is 0 Å². The zero-order valence-corrected chi connectivity index (χ0v) is 10.7. The van der Waals surface area contributed by atoms with E-state index >= 15 is 0 Å². The van der Waals surface area contributed by atoms with Gasteiger partial charge in [-0.25, -0.2) is 4.39 Å². The van der Waals surface area contributed by atoms with Crippen LogP contribution in [0.25, 0.3) is 0 Å². The van der Waals surface area contributed by atoms with Gasteiger partial charge in [0.25, 0.3) is 0 Å². The van der Waals surface area contributed by atoms with E-state index in [4.69, 9.17) is 15.7 Å². The fraction of sp³-hybridized carbons (Fsp3) is 0.417. The molecule has 1 aromatic carbocycles. The van der Waals surface area contributed by atoms with Crippen molar-refractivity contribution in [3.63, 3.8) is 0 Å². The summed E-state index contributed by atoms with van der Waals surface area (Å²) in [5, 5.41) is 8.75. The van der Waals surface area contributed by atoms with E-state index in [1.165, 1.54) is 12.1 Å². The zero-order valence-electron chi connectivity index (χ0n) is 9.12. The summed E-state index contributed by atoms with van der Waals surface area (Å²) in [6.45, 7) is 0. The molecule has 0 aromatic heterocycles. The molecular formula is C12H12BrFN2O. The number of hydrogen-bond acceptors (Lipinski definition) is 3. The van der Waals surface area contributed by atoms with Gasteiger partial charge in [-0.1, -0.05) is 0 Å². The van der Waals surface area contributed by atoms with E-state index < -0.39 is 5.82 Å². The van der Waals surface area contributed by atoms with Crippen molar-refractivity contribution in [2.75, 3.05) is 0 Å². The maximum Gasteiger partial charge on any atom is 0.180 e. The molecule has 2 N–H and O–H groups in total. The molecular weight excluding hydrogens is 287 g/mol. The van der Waals surface area contributed by atoms with Gasteiger partial charge in [0.2, 0.25) is 0 Å². The molecule has 0 radical (unpaired) electrons. The second kappa shape index (κ2) is 5.03. The number of ether oxygens (including phenoxy) is 1. The van der Waals surface area contributed by atoms with Crippen LogP contribution in [0.1, 0.15) is 24.8 Å². The van der Waals surface area contributed by atoms with Gasteiger partial charge < -0.3 is 10.5 Å². The third kappa shape index (κ3) is 2.43. The summed E-state index contributed by atoms with van der Waals surface area (Å²) in [6.07, 6.45) is 2.62. The summed E-state index contributed by atoms with van der Waals surface area (Å²) >= 11 is 3.05. The summed E-state index contributed by atoms with van der Waals surface area (Å²) in [5.74, 6) is -0.388.